The molecule has 0 saturated carbocycles. The molecule has 0 bridgehead atoms. The van der Waals surface area contributed by atoms with Gasteiger partial charge in [0.1, 0.15) is 6.10 Å². The molecule has 6 nitrogen and oxygen atoms in total. The highest BCUT2D eigenvalue weighted by atomic mass is 19.2. The van der Waals surface area contributed by atoms with E-state index in [1.54, 1.807) is 0 Å². The van der Waals surface area contributed by atoms with Crippen molar-refractivity contribution in [3.63, 3.8) is 0 Å². The summed E-state index contributed by atoms with van der Waals surface area (Å²) in [5.41, 5.74) is 5.43. The second-order valence-corrected chi connectivity index (χ2v) is 4.61. The molecule has 1 atom stereocenters. The highest BCUT2D eigenvalue weighted by Gasteiger charge is 2.27. The molecule has 3 N–H and O–H groups in total. The number of amides is 1. The number of nitrogens with zero attached hydrogens (tertiary/aromatic N) is 2. The van der Waals surface area contributed by atoms with Crippen molar-refractivity contribution in [2.45, 2.75) is 12.5 Å². The van der Waals surface area contributed by atoms with Crippen molar-refractivity contribution in [2.24, 2.45) is 10.9 Å². The largest absolute Gasteiger partial charge is 0.409 e. The van der Waals surface area contributed by atoms with Gasteiger partial charge in [-0.25, -0.2) is 8.78 Å². The maximum absolute atomic E-state index is 13.5. The number of halogens is 2. The average Bonchev–Trinajstić information content (AvgIpc) is 2.51. The zero-order valence-corrected chi connectivity index (χ0v) is 11.1. The highest BCUT2D eigenvalue weighted by Crippen LogP contribution is 2.14. The van der Waals surface area contributed by atoms with Crippen molar-refractivity contribution in [1.82, 2.24) is 4.90 Å². The third-order valence-electron chi connectivity index (χ3n) is 3.24. The molecule has 0 spiro atoms. The fourth-order valence-corrected chi connectivity index (χ4v) is 2.08. The molecular weight excluding hydrogens is 284 g/mol. The Morgan fingerprint density at radius 1 is 1.52 bits per heavy atom. The summed E-state index contributed by atoms with van der Waals surface area (Å²) in [6.07, 6.45) is -0.961. The van der Waals surface area contributed by atoms with Gasteiger partial charge in [0, 0.05) is 12.1 Å². The second-order valence-electron chi connectivity index (χ2n) is 4.61. The summed E-state index contributed by atoms with van der Waals surface area (Å²) < 4.78 is 31.9. The first-order chi connectivity index (χ1) is 10.0. The van der Waals surface area contributed by atoms with Gasteiger partial charge in [0.25, 0.3) is 0 Å². The summed E-state index contributed by atoms with van der Waals surface area (Å²) in [4.78, 5) is 13.5. The lowest BCUT2D eigenvalue weighted by Crippen LogP contribution is -2.50. The van der Waals surface area contributed by atoms with E-state index in [0.29, 0.717) is 6.54 Å². The van der Waals surface area contributed by atoms with Crippen molar-refractivity contribution in [1.29, 1.82) is 0 Å². The smallest absolute Gasteiger partial charge is 0.227 e. The van der Waals surface area contributed by atoms with E-state index >= 15 is 0 Å². The molecule has 1 amide bonds. The van der Waals surface area contributed by atoms with Crippen LogP contribution in [0.3, 0.4) is 0 Å². The van der Waals surface area contributed by atoms with Crippen molar-refractivity contribution in [2.75, 3.05) is 19.7 Å². The molecule has 0 aliphatic carbocycles. The Kier molecular flexibility index (Phi) is 4.69. The van der Waals surface area contributed by atoms with Crippen LogP contribution in [0.1, 0.15) is 5.56 Å². The quantitative estimate of drug-likeness (QED) is 0.368. The molecule has 1 aromatic carbocycles. The van der Waals surface area contributed by atoms with E-state index in [4.69, 9.17) is 15.7 Å². The molecule has 1 aliphatic heterocycles. The number of hydrogen-bond acceptors (Lipinski definition) is 4. The minimum atomic E-state index is -1.02. The fraction of sp³-hybridized carbons (Fsp3) is 0.385. The maximum atomic E-state index is 13.5. The Morgan fingerprint density at radius 2 is 2.29 bits per heavy atom. The van der Waals surface area contributed by atoms with Crippen molar-refractivity contribution >= 4 is 11.7 Å². The Labute approximate surface area is 119 Å². The van der Waals surface area contributed by atoms with Crippen LogP contribution in [-0.2, 0) is 16.0 Å². The van der Waals surface area contributed by atoms with Gasteiger partial charge in [-0.15, -0.1) is 0 Å². The van der Waals surface area contributed by atoms with Gasteiger partial charge in [-0.3, -0.25) is 4.79 Å². The summed E-state index contributed by atoms with van der Waals surface area (Å²) in [6.45, 7) is 0.634. The van der Waals surface area contributed by atoms with Crippen LogP contribution >= 0.6 is 0 Å². The molecule has 1 aliphatic rings. The van der Waals surface area contributed by atoms with E-state index in [0.717, 1.165) is 6.07 Å². The van der Waals surface area contributed by atoms with Crippen LogP contribution < -0.4 is 5.73 Å². The number of ether oxygens (including phenoxy) is 1. The van der Waals surface area contributed by atoms with Crippen LogP contribution in [-0.4, -0.2) is 47.7 Å². The monoisotopic (exact) mass is 299 g/mol. The van der Waals surface area contributed by atoms with E-state index in [-0.39, 0.29) is 36.9 Å². The number of nitrogens with two attached hydrogens (primary N) is 1. The molecule has 8 heteroatoms. The molecule has 0 radical (unpaired) electrons. The predicted molar refractivity (Wildman–Crippen MR) is 69.8 cm³/mol. The van der Waals surface area contributed by atoms with Gasteiger partial charge in [-0.1, -0.05) is 17.3 Å². The van der Waals surface area contributed by atoms with Gasteiger partial charge in [0.05, 0.1) is 19.6 Å². The number of carbonyl (C=O) groups is 1. The van der Waals surface area contributed by atoms with Crippen LogP contribution in [0, 0.1) is 11.6 Å². The summed E-state index contributed by atoms with van der Waals surface area (Å²) in [5.74, 6) is -2.52. The topological polar surface area (TPSA) is 88.2 Å². The molecule has 0 aromatic heterocycles. The Balaban J connectivity index is 2.05. The number of amidine groups is 1. The van der Waals surface area contributed by atoms with Crippen molar-refractivity contribution < 1.29 is 23.5 Å². The molecule has 114 valence electrons. The Hall–Kier alpha value is -2.22. The highest BCUT2D eigenvalue weighted by molar-refractivity contribution is 5.86. The molecule has 1 heterocycles. The molecule has 1 saturated heterocycles. The lowest BCUT2D eigenvalue weighted by molar-refractivity contribution is -0.136. The molecule has 2 rings (SSSR count). The lowest BCUT2D eigenvalue weighted by atomic mass is 10.1. The van der Waals surface area contributed by atoms with E-state index in [2.05, 4.69) is 5.16 Å². The van der Waals surface area contributed by atoms with Gasteiger partial charge >= 0.3 is 0 Å². The Morgan fingerprint density at radius 3 is 3.00 bits per heavy atom. The number of morpholine rings is 1. The summed E-state index contributed by atoms with van der Waals surface area (Å²) in [6, 6.07) is 3.70. The number of rotatable bonds is 3. The first kappa shape index (κ1) is 15.2. The van der Waals surface area contributed by atoms with E-state index in [1.165, 1.54) is 17.0 Å². The zero-order valence-electron chi connectivity index (χ0n) is 11.1. The minimum absolute atomic E-state index is 0.00756. The first-order valence-corrected chi connectivity index (χ1v) is 6.32. The molecule has 1 fully saturated rings. The van der Waals surface area contributed by atoms with Crippen LogP contribution in [0.25, 0.3) is 0 Å². The predicted octanol–water partition coefficient (Wildman–Crippen LogP) is 0.481. The van der Waals surface area contributed by atoms with Crippen LogP contribution in [0.4, 0.5) is 8.78 Å². The third-order valence-corrected chi connectivity index (χ3v) is 3.24. The summed E-state index contributed by atoms with van der Waals surface area (Å²) >= 11 is 0. The van der Waals surface area contributed by atoms with Gasteiger partial charge in [0.15, 0.2) is 17.5 Å². The normalized spacial score (nSPS) is 19.6. The first-order valence-electron chi connectivity index (χ1n) is 6.32. The van der Waals surface area contributed by atoms with Crippen LogP contribution in [0.2, 0.25) is 0 Å². The van der Waals surface area contributed by atoms with Crippen LogP contribution in [0.5, 0.6) is 0 Å². The van der Waals surface area contributed by atoms with E-state index in [9.17, 15) is 13.6 Å². The average molecular weight is 299 g/mol. The second kappa shape index (κ2) is 6.49. The summed E-state index contributed by atoms with van der Waals surface area (Å²) in [7, 11) is 0. The molecule has 1 unspecified atom stereocenters. The Bertz CT molecular complexity index is 566. The SMILES string of the molecule is N/C(=N/O)C1CN(C(=O)Cc2cccc(F)c2F)CCO1. The van der Waals surface area contributed by atoms with Crippen molar-refractivity contribution in [3.8, 4) is 0 Å². The van der Waals surface area contributed by atoms with E-state index in [1.807, 2.05) is 0 Å². The lowest BCUT2D eigenvalue weighted by Gasteiger charge is -2.32. The van der Waals surface area contributed by atoms with Gasteiger partial charge in [0.2, 0.25) is 5.91 Å². The number of benzene rings is 1. The number of oxime groups is 1. The third kappa shape index (κ3) is 3.46. The van der Waals surface area contributed by atoms with Gasteiger partial charge < -0.3 is 20.6 Å². The van der Waals surface area contributed by atoms with Gasteiger partial charge in [-0.2, -0.15) is 0 Å². The molecule has 21 heavy (non-hydrogen) atoms. The fourth-order valence-electron chi connectivity index (χ4n) is 2.08. The van der Waals surface area contributed by atoms with Crippen LogP contribution in [0.15, 0.2) is 23.4 Å². The molecular formula is C13H15F2N3O3. The van der Waals surface area contributed by atoms with E-state index < -0.39 is 17.7 Å². The minimum Gasteiger partial charge on any atom is -0.409 e. The van der Waals surface area contributed by atoms with Gasteiger partial charge in [-0.05, 0) is 6.07 Å². The maximum Gasteiger partial charge on any atom is 0.227 e. The molecule has 1 aromatic rings. The summed E-state index contributed by atoms with van der Waals surface area (Å²) in [5, 5.41) is 11.4. The number of carbonyl (C=O) groups excluding carboxylic acids is 1. The number of hydrogen-bond donors (Lipinski definition) is 2. The standard InChI is InChI=1S/C13H15F2N3O3/c14-9-3-1-2-8(12(9)15)6-11(19)18-4-5-21-10(7-18)13(16)17-20/h1-3,10,20H,4-7H2,(H2,16,17). The van der Waals surface area contributed by atoms with Crippen molar-refractivity contribution in [3.05, 3.63) is 35.4 Å². The zero-order chi connectivity index (χ0) is 15.4.